The quantitative estimate of drug-likeness (QED) is 0.755. The van der Waals surface area contributed by atoms with E-state index in [1.807, 2.05) is 24.3 Å². The highest BCUT2D eigenvalue weighted by Gasteiger charge is 2.31. The number of methoxy groups -OCH3 is 1. The third-order valence-electron chi connectivity index (χ3n) is 4.81. The van der Waals surface area contributed by atoms with Gasteiger partial charge in [-0.05, 0) is 38.0 Å². The van der Waals surface area contributed by atoms with E-state index in [9.17, 15) is 9.59 Å². The van der Waals surface area contributed by atoms with Gasteiger partial charge in [-0.25, -0.2) is 0 Å². The van der Waals surface area contributed by atoms with Crippen LogP contribution in [-0.2, 0) is 16.6 Å². The Morgan fingerprint density at radius 3 is 2.81 bits per heavy atom. The normalized spacial score (nSPS) is 16.9. The lowest BCUT2D eigenvalue weighted by Gasteiger charge is -2.31. The summed E-state index contributed by atoms with van der Waals surface area (Å²) in [5.74, 6) is 0.0920. The molecule has 1 aromatic heterocycles. The Kier molecular flexibility index (Phi) is 5.78. The van der Waals surface area contributed by atoms with Crippen LogP contribution in [-0.4, -0.2) is 53.4 Å². The highest BCUT2D eigenvalue weighted by molar-refractivity contribution is 5.94. The maximum Gasteiger partial charge on any atom is 0.310 e. The van der Waals surface area contributed by atoms with Crippen molar-refractivity contribution in [2.24, 2.45) is 13.0 Å². The molecule has 1 amide bonds. The van der Waals surface area contributed by atoms with Gasteiger partial charge in [-0.15, -0.1) is 0 Å². The molecule has 0 radical (unpaired) electrons. The number of amides is 1. The second-order valence-electron chi connectivity index (χ2n) is 6.58. The molecule has 0 N–H and O–H groups in total. The zero-order valence-electron chi connectivity index (χ0n) is 16.0. The van der Waals surface area contributed by atoms with Gasteiger partial charge in [-0.1, -0.05) is 12.1 Å². The van der Waals surface area contributed by atoms with E-state index in [4.69, 9.17) is 9.47 Å². The number of hydrogen-bond donors (Lipinski definition) is 0. The first-order chi connectivity index (χ1) is 13.0. The van der Waals surface area contributed by atoms with Crippen molar-refractivity contribution in [3.05, 3.63) is 36.0 Å². The standard InChI is InChI=1S/C20H25N3O4/c1-4-27-20(25)14-8-7-11-23(13-14)19(24)17-12-16(21-22(17)2)15-9-5-6-10-18(15)26-3/h5-6,9-10,12,14H,4,7-8,11,13H2,1-3H3/t14-/m0/s1. The predicted molar refractivity (Wildman–Crippen MR) is 100 cm³/mol. The Balaban J connectivity index is 1.81. The SMILES string of the molecule is CCOC(=O)[C@H]1CCCN(C(=O)c2cc(-c3ccccc3OC)nn2C)C1. The van der Waals surface area contributed by atoms with Crippen molar-refractivity contribution in [3.63, 3.8) is 0 Å². The maximum atomic E-state index is 13.0. The first-order valence-corrected chi connectivity index (χ1v) is 9.18. The van der Waals surface area contributed by atoms with Gasteiger partial charge in [0, 0.05) is 25.7 Å². The van der Waals surface area contributed by atoms with Crippen LogP contribution in [0.3, 0.4) is 0 Å². The number of hydrogen-bond acceptors (Lipinski definition) is 5. The van der Waals surface area contributed by atoms with Crippen LogP contribution in [0.25, 0.3) is 11.3 Å². The van der Waals surface area contributed by atoms with Gasteiger partial charge in [0.2, 0.25) is 0 Å². The van der Waals surface area contributed by atoms with Gasteiger partial charge in [-0.3, -0.25) is 14.3 Å². The van der Waals surface area contributed by atoms with E-state index in [-0.39, 0.29) is 17.8 Å². The van der Waals surface area contributed by atoms with Crippen LogP contribution in [0, 0.1) is 5.92 Å². The molecule has 2 heterocycles. The van der Waals surface area contributed by atoms with Crippen LogP contribution >= 0.6 is 0 Å². The number of benzene rings is 1. The first kappa shape index (κ1) is 18.9. The third-order valence-corrected chi connectivity index (χ3v) is 4.81. The van der Waals surface area contributed by atoms with E-state index in [0.29, 0.717) is 36.8 Å². The summed E-state index contributed by atoms with van der Waals surface area (Å²) in [5.41, 5.74) is 2.00. The molecule has 1 aliphatic rings. The summed E-state index contributed by atoms with van der Waals surface area (Å²) in [6.45, 7) is 3.16. The van der Waals surface area contributed by atoms with Crippen molar-refractivity contribution in [2.45, 2.75) is 19.8 Å². The summed E-state index contributed by atoms with van der Waals surface area (Å²) in [4.78, 5) is 26.8. The Hall–Kier alpha value is -2.83. The average Bonchev–Trinajstić information content (AvgIpc) is 3.09. The molecule has 0 unspecified atom stereocenters. The molecule has 1 aliphatic heterocycles. The van der Waals surface area contributed by atoms with Crippen molar-refractivity contribution in [3.8, 4) is 17.0 Å². The Labute approximate surface area is 158 Å². The van der Waals surface area contributed by atoms with Crippen molar-refractivity contribution >= 4 is 11.9 Å². The molecule has 1 saturated heterocycles. The number of ether oxygens (including phenoxy) is 2. The molecule has 7 heteroatoms. The zero-order valence-corrected chi connectivity index (χ0v) is 16.0. The maximum absolute atomic E-state index is 13.0. The van der Waals surface area contributed by atoms with Crippen molar-refractivity contribution in [1.82, 2.24) is 14.7 Å². The van der Waals surface area contributed by atoms with Crippen molar-refractivity contribution in [1.29, 1.82) is 0 Å². The number of rotatable bonds is 5. The molecule has 0 bridgehead atoms. The number of aryl methyl sites for hydroxylation is 1. The Morgan fingerprint density at radius 2 is 2.07 bits per heavy atom. The molecule has 1 fully saturated rings. The highest BCUT2D eigenvalue weighted by atomic mass is 16.5. The number of carbonyl (C=O) groups excluding carboxylic acids is 2. The smallest absolute Gasteiger partial charge is 0.310 e. The molecule has 27 heavy (non-hydrogen) atoms. The molecule has 144 valence electrons. The van der Waals surface area contributed by atoms with Crippen LogP contribution < -0.4 is 4.74 Å². The van der Waals surface area contributed by atoms with E-state index in [2.05, 4.69) is 5.10 Å². The Morgan fingerprint density at radius 1 is 1.30 bits per heavy atom. The third kappa shape index (κ3) is 3.97. The molecule has 0 saturated carbocycles. The molecular weight excluding hydrogens is 346 g/mol. The number of piperidine rings is 1. The second-order valence-corrected chi connectivity index (χ2v) is 6.58. The largest absolute Gasteiger partial charge is 0.496 e. The Bertz CT molecular complexity index is 830. The van der Waals surface area contributed by atoms with Gasteiger partial charge in [0.25, 0.3) is 5.91 Å². The molecule has 3 rings (SSSR count). The minimum Gasteiger partial charge on any atom is -0.496 e. The number of aromatic nitrogens is 2. The fourth-order valence-corrected chi connectivity index (χ4v) is 3.43. The van der Waals surface area contributed by atoms with Crippen molar-refractivity contribution in [2.75, 3.05) is 26.8 Å². The number of likely N-dealkylation sites (tertiary alicyclic amines) is 1. The minimum atomic E-state index is -0.260. The van der Waals surface area contributed by atoms with Gasteiger partial charge in [0.05, 0.1) is 25.3 Å². The summed E-state index contributed by atoms with van der Waals surface area (Å²) in [6.07, 6.45) is 1.53. The van der Waals surface area contributed by atoms with E-state index in [1.165, 1.54) is 0 Å². The van der Waals surface area contributed by atoms with E-state index in [0.717, 1.165) is 18.4 Å². The van der Waals surface area contributed by atoms with Gasteiger partial charge >= 0.3 is 5.97 Å². The summed E-state index contributed by atoms with van der Waals surface area (Å²) in [6, 6.07) is 9.34. The van der Waals surface area contributed by atoms with Crippen LogP contribution in [0.5, 0.6) is 5.75 Å². The lowest BCUT2D eigenvalue weighted by atomic mass is 9.98. The van der Waals surface area contributed by atoms with E-state index in [1.54, 1.807) is 36.7 Å². The van der Waals surface area contributed by atoms with Crippen LogP contribution in [0.15, 0.2) is 30.3 Å². The molecule has 0 spiro atoms. The summed E-state index contributed by atoms with van der Waals surface area (Å²) >= 11 is 0. The fraction of sp³-hybridized carbons (Fsp3) is 0.450. The van der Waals surface area contributed by atoms with Crippen LogP contribution in [0.2, 0.25) is 0 Å². The number of nitrogens with zero attached hydrogens (tertiary/aromatic N) is 3. The molecule has 0 aliphatic carbocycles. The predicted octanol–water partition coefficient (Wildman–Crippen LogP) is 2.51. The summed E-state index contributed by atoms with van der Waals surface area (Å²) in [5, 5.41) is 4.49. The summed E-state index contributed by atoms with van der Waals surface area (Å²) < 4.78 is 12.1. The lowest BCUT2D eigenvalue weighted by molar-refractivity contribution is -0.149. The first-order valence-electron chi connectivity index (χ1n) is 9.18. The average molecular weight is 371 g/mol. The van der Waals surface area contributed by atoms with E-state index < -0.39 is 0 Å². The van der Waals surface area contributed by atoms with Gasteiger partial charge in [-0.2, -0.15) is 5.10 Å². The number of para-hydroxylation sites is 1. The van der Waals surface area contributed by atoms with E-state index >= 15 is 0 Å². The molecular formula is C20H25N3O4. The molecule has 1 aromatic carbocycles. The lowest BCUT2D eigenvalue weighted by Crippen LogP contribution is -2.43. The van der Waals surface area contributed by atoms with Crippen LogP contribution in [0.1, 0.15) is 30.3 Å². The topological polar surface area (TPSA) is 73.7 Å². The minimum absolute atomic E-state index is 0.125. The summed E-state index contributed by atoms with van der Waals surface area (Å²) in [7, 11) is 3.36. The zero-order chi connectivity index (χ0) is 19.4. The number of esters is 1. The molecule has 7 nitrogen and oxygen atoms in total. The monoisotopic (exact) mass is 371 g/mol. The fourth-order valence-electron chi connectivity index (χ4n) is 3.43. The number of carbonyl (C=O) groups is 2. The molecule has 1 atom stereocenters. The van der Waals surface area contributed by atoms with Gasteiger partial charge < -0.3 is 14.4 Å². The van der Waals surface area contributed by atoms with Crippen molar-refractivity contribution < 1.29 is 19.1 Å². The van der Waals surface area contributed by atoms with Gasteiger partial charge in [0.1, 0.15) is 11.4 Å². The highest BCUT2D eigenvalue weighted by Crippen LogP contribution is 2.29. The van der Waals surface area contributed by atoms with Crippen LogP contribution in [0.4, 0.5) is 0 Å². The second kappa shape index (κ2) is 8.24. The molecule has 2 aromatic rings. The van der Waals surface area contributed by atoms with Gasteiger partial charge in [0.15, 0.2) is 0 Å².